The third kappa shape index (κ3) is 7.65. The summed E-state index contributed by atoms with van der Waals surface area (Å²) in [5.41, 5.74) is 9.36. The Morgan fingerprint density at radius 2 is 1.90 bits per heavy atom. The zero-order valence-electron chi connectivity index (χ0n) is 23.1. The first kappa shape index (κ1) is 30.1. The zero-order chi connectivity index (χ0) is 29.5. The Morgan fingerprint density at radius 1 is 1.20 bits per heavy atom. The van der Waals surface area contributed by atoms with Crippen LogP contribution >= 0.6 is 11.9 Å². The van der Waals surface area contributed by atoms with Gasteiger partial charge >= 0.3 is 5.76 Å². The van der Waals surface area contributed by atoms with Gasteiger partial charge in [0.2, 0.25) is 0 Å². The summed E-state index contributed by atoms with van der Waals surface area (Å²) in [5, 5.41) is 12.2. The fourth-order valence-electron chi connectivity index (χ4n) is 4.57. The van der Waals surface area contributed by atoms with Gasteiger partial charge < -0.3 is 25.4 Å². The molecular formula is C30H33F3N6OS. The second-order valence-electron chi connectivity index (χ2n) is 9.78. The Morgan fingerprint density at radius 3 is 2.56 bits per heavy atom. The Hall–Kier alpha value is -3.88. The molecule has 0 amide bonds. The Balaban J connectivity index is 1.67. The number of alkyl halides is 2. The molecule has 216 valence electrons. The van der Waals surface area contributed by atoms with Gasteiger partial charge in [0.25, 0.3) is 0 Å². The van der Waals surface area contributed by atoms with Crippen LogP contribution in [0.1, 0.15) is 48.1 Å². The first-order valence-electron chi connectivity index (χ1n) is 13.2. The summed E-state index contributed by atoms with van der Waals surface area (Å²) < 4.78 is 48.1. The molecule has 3 aromatic rings. The molecule has 0 aliphatic carbocycles. The van der Waals surface area contributed by atoms with E-state index in [0.29, 0.717) is 33.6 Å². The maximum Gasteiger partial charge on any atom is 0.302 e. The van der Waals surface area contributed by atoms with E-state index < -0.39 is 11.9 Å². The molecule has 0 spiro atoms. The van der Waals surface area contributed by atoms with Gasteiger partial charge in [0.15, 0.2) is 0 Å². The number of rotatable bonds is 9. The summed E-state index contributed by atoms with van der Waals surface area (Å²) in [6.45, 7) is 3.76. The molecule has 1 aromatic heterocycles. The van der Waals surface area contributed by atoms with Crippen LogP contribution in [0.5, 0.6) is 5.75 Å². The second kappa shape index (κ2) is 13.7. The predicted octanol–water partition coefficient (Wildman–Crippen LogP) is 6.38. The van der Waals surface area contributed by atoms with Crippen LogP contribution in [0.25, 0.3) is 0 Å². The van der Waals surface area contributed by atoms with Gasteiger partial charge in [0.1, 0.15) is 23.5 Å². The van der Waals surface area contributed by atoms with Crippen LogP contribution in [0.3, 0.4) is 0 Å². The van der Waals surface area contributed by atoms with Crippen LogP contribution in [-0.2, 0) is 0 Å². The molecule has 1 unspecified atom stereocenters. The van der Waals surface area contributed by atoms with Gasteiger partial charge in [-0.2, -0.15) is 8.78 Å². The number of pyridine rings is 1. The number of hydrogen-bond acceptors (Lipinski definition) is 8. The minimum Gasteiger partial charge on any atom is -0.484 e. The molecule has 7 nitrogen and oxygen atoms in total. The first-order chi connectivity index (χ1) is 19.7. The molecule has 1 saturated heterocycles. The summed E-state index contributed by atoms with van der Waals surface area (Å²) in [4.78, 5) is 6.60. The van der Waals surface area contributed by atoms with Crippen molar-refractivity contribution in [3.63, 3.8) is 0 Å². The SMILES string of the molecule is CNc1c(C#CC2CCN(C)CC2)cnc(N)c1C(=N)c1ccc(NSC(F)F)c(OC(C)c2ccc(F)cc2)c1. The van der Waals surface area contributed by atoms with Gasteiger partial charge in [0.05, 0.1) is 28.2 Å². The molecule has 1 aliphatic rings. The topological polar surface area (TPSA) is 99.3 Å². The van der Waals surface area contributed by atoms with Crippen LogP contribution in [0.4, 0.5) is 30.4 Å². The Kier molecular flexibility index (Phi) is 10.0. The van der Waals surface area contributed by atoms with E-state index in [2.05, 4.69) is 38.8 Å². The van der Waals surface area contributed by atoms with Gasteiger partial charge in [0, 0.05) is 36.7 Å². The standard InChI is InChI=1S/C30H33F3N6OS/c1-18(20-6-9-23(31)10-7-20)40-25-16-21(8-11-24(25)38-41-30(32)33)27(34)26-28(36-2)22(17-37-29(26)35)5-4-19-12-14-39(3)15-13-19/h6-11,16-19,30,34,38H,12-15H2,1-3H3,(H3,35,36,37). The lowest BCUT2D eigenvalue weighted by Crippen LogP contribution is -2.29. The van der Waals surface area contributed by atoms with E-state index in [4.69, 9.17) is 15.9 Å². The zero-order valence-corrected chi connectivity index (χ0v) is 23.9. The van der Waals surface area contributed by atoms with Crippen LogP contribution in [-0.4, -0.2) is 48.5 Å². The van der Waals surface area contributed by atoms with Gasteiger partial charge in [-0.15, -0.1) is 0 Å². The van der Waals surface area contributed by atoms with Crippen LogP contribution in [0, 0.1) is 29.0 Å². The lowest BCUT2D eigenvalue weighted by atomic mass is 9.96. The summed E-state index contributed by atoms with van der Waals surface area (Å²) in [6, 6.07) is 10.6. The third-order valence-corrected chi connectivity index (χ3v) is 7.43. The van der Waals surface area contributed by atoms with Crippen LogP contribution in [0.15, 0.2) is 48.7 Å². The molecule has 2 heterocycles. The summed E-state index contributed by atoms with van der Waals surface area (Å²) in [5.74, 6) is 4.24. The lowest BCUT2D eigenvalue weighted by molar-refractivity contribution is 0.228. The molecule has 41 heavy (non-hydrogen) atoms. The van der Waals surface area contributed by atoms with Crippen molar-refractivity contribution in [3.05, 3.63) is 76.7 Å². The minimum atomic E-state index is -2.65. The quantitative estimate of drug-likeness (QED) is 0.132. The van der Waals surface area contributed by atoms with Crippen molar-refractivity contribution in [2.75, 3.05) is 43.0 Å². The normalized spacial score (nSPS) is 14.7. The van der Waals surface area contributed by atoms with Crippen LogP contribution < -0.4 is 20.5 Å². The number of nitrogens with two attached hydrogens (primary N) is 1. The molecule has 2 aromatic carbocycles. The molecule has 5 N–H and O–H groups in total. The largest absolute Gasteiger partial charge is 0.484 e. The molecule has 1 aliphatic heterocycles. The molecule has 0 bridgehead atoms. The maximum absolute atomic E-state index is 13.4. The predicted molar refractivity (Wildman–Crippen MR) is 160 cm³/mol. The molecule has 0 saturated carbocycles. The van der Waals surface area contributed by atoms with Crippen molar-refractivity contribution >= 4 is 34.9 Å². The summed E-state index contributed by atoms with van der Waals surface area (Å²) in [6.07, 6.45) is 3.06. The van der Waals surface area contributed by atoms with Gasteiger partial charge in [-0.3, -0.25) is 5.41 Å². The summed E-state index contributed by atoms with van der Waals surface area (Å²) in [7, 11) is 3.84. The van der Waals surface area contributed by atoms with Gasteiger partial charge in [-0.25, -0.2) is 9.37 Å². The van der Waals surface area contributed by atoms with Crippen molar-refractivity contribution in [2.24, 2.45) is 5.92 Å². The Bertz CT molecular complexity index is 1430. The van der Waals surface area contributed by atoms with Gasteiger partial charge in [-0.1, -0.05) is 30.0 Å². The smallest absolute Gasteiger partial charge is 0.302 e. The number of nitrogens with zero attached hydrogens (tertiary/aromatic N) is 2. The summed E-state index contributed by atoms with van der Waals surface area (Å²) >= 11 is 0.237. The number of hydrogen-bond donors (Lipinski definition) is 4. The first-order valence-corrected chi connectivity index (χ1v) is 14.1. The van der Waals surface area contributed by atoms with Crippen LogP contribution in [0.2, 0.25) is 0 Å². The number of benzene rings is 2. The number of nitrogen functional groups attached to an aromatic ring is 1. The average Bonchev–Trinajstić information content (AvgIpc) is 2.96. The van der Waals surface area contributed by atoms with E-state index in [1.54, 1.807) is 50.5 Å². The van der Waals surface area contributed by atoms with Crippen molar-refractivity contribution in [2.45, 2.75) is 31.6 Å². The number of ether oxygens (including phenoxy) is 1. The highest BCUT2D eigenvalue weighted by Crippen LogP contribution is 2.35. The van der Waals surface area contributed by atoms with E-state index in [9.17, 15) is 13.2 Å². The van der Waals surface area contributed by atoms with E-state index in [0.717, 1.165) is 25.9 Å². The molecule has 4 rings (SSSR count). The van der Waals surface area contributed by atoms with E-state index in [1.165, 1.54) is 12.1 Å². The van der Waals surface area contributed by atoms with Crippen molar-refractivity contribution < 1.29 is 17.9 Å². The number of anilines is 3. The van der Waals surface area contributed by atoms with Gasteiger partial charge in [-0.05, 0) is 69.7 Å². The Labute approximate surface area is 242 Å². The van der Waals surface area contributed by atoms with E-state index >= 15 is 0 Å². The highest BCUT2D eigenvalue weighted by atomic mass is 32.2. The number of aromatic nitrogens is 1. The molecular weight excluding hydrogens is 549 g/mol. The number of nitrogens with one attached hydrogen (secondary N) is 3. The highest BCUT2D eigenvalue weighted by Gasteiger charge is 2.21. The number of likely N-dealkylation sites (tertiary alicyclic amines) is 1. The highest BCUT2D eigenvalue weighted by molar-refractivity contribution is 8.00. The van der Waals surface area contributed by atoms with Crippen molar-refractivity contribution in [1.82, 2.24) is 9.88 Å². The third-order valence-electron chi connectivity index (χ3n) is 6.91. The average molecular weight is 583 g/mol. The second-order valence-corrected chi connectivity index (χ2v) is 10.6. The molecule has 11 heteroatoms. The van der Waals surface area contributed by atoms with Crippen molar-refractivity contribution in [1.29, 1.82) is 5.41 Å². The fraction of sp³-hybridized carbons (Fsp3) is 0.333. The fourth-order valence-corrected chi connectivity index (χ4v) is 4.96. The van der Waals surface area contributed by atoms with Crippen molar-refractivity contribution in [3.8, 4) is 17.6 Å². The molecule has 1 fully saturated rings. The minimum absolute atomic E-state index is 0.0645. The number of piperidine rings is 1. The molecule has 1 atom stereocenters. The lowest BCUT2D eigenvalue weighted by Gasteiger charge is -2.25. The monoisotopic (exact) mass is 582 g/mol. The number of halogens is 3. The molecule has 0 radical (unpaired) electrons. The van der Waals surface area contributed by atoms with E-state index in [-0.39, 0.29) is 41.0 Å². The van der Waals surface area contributed by atoms with E-state index in [1.807, 2.05) is 0 Å². The maximum atomic E-state index is 13.4.